The van der Waals surface area contributed by atoms with Crippen molar-refractivity contribution in [3.8, 4) is 5.75 Å². The first-order chi connectivity index (χ1) is 6.70. The maximum Gasteiger partial charge on any atom is 0.120 e. The Morgan fingerprint density at radius 1 is 1.31 bits per heavy atom. The molecule has 0 fully saturated rings. The van der Waals surface area contributed by atoms with Crippen LogP contribution < -0.4 is 10.6 Å². The molecule has 0 aromatic heterocycles. The minimum absolute atomic E-state index is 0. The molecule has 0 spiro atoms. The van der Waals surface area contributed by atoms with E-state index in [0.29, 0.717) is 12.3 Å². The number of aromatic hydroxyl groups is 1. The van der Waals surface area contributed by atoms with Gasteiger partial charge < -0.3 is 15.7 Å². The van der Waals surface area contributed by atoms with Gasteiger partial charge >= 0.3 is 0 Å². The lowest BCUT2D eigenvalue weighted by Gasteiger charge is -2.24. The Kier molecular flexibility index (Phi) is 9.43. The van der Waals surface area contributed by atoms with Gasteiger partial charge in [-0.15, -0.1) is 24.8 Å². The average Bonchev–Trinajstić information content (AvgIpc) is 2.19. The van der Waals surface area contributed by atoms with Gasteiger partial charge in [-0.2, -0.15) is 0 Å². The predicted molar refractivity (Wildman–Crippen MR) is 74.3 cm³/mol. The summed E-state index contributed by atoms with van der Waals surface area (Å²) in [4.78, 5) is 2.16. The Morgan fingerprint density at radius 3 is 2.44 bits per heavy atom. The molecule has 0 aliphatic rings. The summed E-state index contributed by atoms with van der Waals surface area (Å²) in [6.45, 7) is 6.36. The SMILES string of the molecule is CCN(CCN)c1cccc(O)c1C.Cl.Cl. The lowest BCUT2D eigenvalue weighted by atomic mass is 10.1. The van der Waals surface area contributed by atoms with E-state index in [1.165, 1.54) is 0 Å². The van der Waals surface area contributed by atoms with Crippen molar-refractivity contribution in [3.63, 3.8) is 0 Å². The number of anilines is 1. The van der Waals surface area contributed by atoms with Crippen LogP contribution in [0.25, 0.3) is 0 Å². The number of halogens is 2. The molecule has 3 N–H and O–H groups in total. The van der Waals surface area contributed by atoms with Crippen LogP contribution in [0.3, 0.4) is 0 Å². The first kappa shape index (κ1) is 17.7. The van der Waals surface area contributed by atoms with Crippen molar-refractivity contribution in [2.75, 3.05) is 24.5 Å². The van der Waals surface area contributed by atoms with Crippen molar-refractivity contribution in [2.24, 2.45) is 5.73 Å². The number of phenols is 1. The molecule has 0 aliphatic heterocycles. The summed E-state index contributed by atoms with van der Waals surface area (Å²) in [5.41, 5.74) is 7.51. The number of nitrogens with zero attached hydrogens (tertiary/aromatic N) is 1. The third-order valence-electron chi connectivity index (χ3n) is 2.40. The number of rotatable bonds is 4. The van der Waals surface area contributed by atoms with Gasteiger partial charge in [0, 0.05) is 30.9 Å². The Bertz CT molecular complexity index is 308. The number of likely N-dealkylation sites (N-methyl/N-ethyl adjacent to an activating group) is 1. The molecular weight excluding hydrogens is 247 g/mol. The molecule has 0 unspecified atom stereocenters. The summed E-state index contributed by atoms with van der Waals surface area (Å²) in [5.74, 6) is 0.345. The van der Waals surface area contributed by atoms with E-state index in [4.69, 9.17) is 5.73 Å². The van der Waals surface area contributed by atoms with E-state index >= 15 is 0 Å². The van der Waals surface area contributed by atoms with Crippen LogP contribution in [0, 0.1) is 6.92 Å². The molecule has 1 aromatic rings. The van der Waals surface area contributed by atoms with Gasteiger partial charge in [0.2, 0.25) is 0 Å². The second kappa shape index (κ2) is 8.50. The van der Waals surface area contributed by atoms with E-state index in [2.05, 4.69) is 11.8 Å². The minimum Gasteiger partial charge on any atom is -0.508 e. The van der Waals surface area contributed by atoms with Gasteiger partial charge in [0.1, 0.15) is 5.75 Å². The lowest BCUT2D eigenvalue weighted by Crippen LogP contribution is -2.29. The number of hydrogen-bond donors (Lipinski definition) is 2. The Labute approximate surface area is 109 Å². The van der Waals surface area contributed by atoms with Crippen LogP contribution in [0.4, 0.5) is 5.69 Å². The number of benzene rings is 1. The average molecular weight is 267 g/mol. The molecule has 0 amide bonds. The largest absolute Gasteiger partial charge is 0.508 e. The Hall–Kier alpha value is -0.640. The third-order valence-corrected chi connectivity index (χ3v) is 2.40. The van der Waals surface area contributed by atoms with Gasteiger partial charge in [0.15, 0.2) is 0 Å². The standard InChI is InChI=1S/C11H18N2O.2ClH/c1-3-13(8-7-12)10-5-4-6-11(14)9(10)2;;/h4-6,14H,3,7-8,12H2,1-2H3;2*1H. The first-order valence-corrected chi connectivity index (χ1v) is 4.94. The van der Waals surface area contributed by atoms with Crippen LogP contribution in [0.15, 0.2) is 18.2 Å². The smallest absolute Gasteiger partial charge is 0.120 e. The van der Waals surface area contributed by atoms with Gasteiger partial charge in [0.25, 0.3) is 0 Å². The molecule has 0 aliphatic carbocycles. The predicted octanol–water partition coefficient (Wildman–Crippen LogP) is 2.33. The summed E-state index contributed by atoms with van der Waals surface area (Å²) in [7, 11) is 0. The molecule has 0 radical (unpaired) electrons. The third kappa shape index (κ3) is 4.08. The highest BCUT2D eigenvalue weighted by atomic mass is 35.5. The van der Waals surface area contributed by atoms with E-state index < -0.39 is 0 Å². The number of phenolic OH excluding ortho intramolecular Hbond substituents is 1. The summed E-state index contributed by atoms with van der Waals surface area (Å²) >= 11 is 0. The quantitative estimate of drug-likeness (QED) is 0.880. The molecule has 3 nitrogen and oxygen atoms in total. The monoisotopic (exact) mass is 266 g/mol. The highest BCUT2D eigenvalue weighted by Crippen LogP contribution is 2.26. The van der Waals surface area contributed by atoms with Crippen LogP contribution >= 0.6 is 24.8 Å². The molecule has 16 heavy (non-hydrogen) atoms. The zero-order chi connectivity index (χ0) is 10.6. The van der Waals surface area contributed by atoms with E-state index in [-0.39, 0.29) is 24.8 Å². The molecule has 0 saturated heterocycles. The normalized spacial score (nSPS) is 8.94. The van der Waals surface area contributed by atoms with Gasteiger partial charge in [0.05, 0.1) is 0 Å². The number of hydrogen-bond acceptors (Lipinski definition) is 3. The van der Waals surface area contributed by atoms with Crippen LogP contribution in [0.5, 0.6) is 5.75 Å². The second-order valence-corrected chi connectivity index (χ2v) is 3.29. The van der Waals surface area contributed by atoms with Gasteiger partial charge in [-0.25, -0.2) is 0 Å². The van der Waals surface area contributed by atoms with Crippen molar-refractivity contribution >= 4 is 30.5 Å². The van der Waals surface area contributed by atoms with Gasteiger partial charge in [-0.1, -0.05) is 6.07 Å². The zero-order valence-corrected chi connectivity index (χ0v) is 11.3. The highest BCUT2D eigenvalue weighted by Gasteiger charge is 2.08. The Morgan fingerprint density at radius 2 is 1.94 bits per heavy atom. The molecular formula is C11H20Cl2N2O. The number of nitrogens with two attached hydrogens (primary N) is 1. The van der Waals surface area contributed by atoms with Crippen molar-refractivity contribution in [1.29, 1.82) is 0 Å². The van der Waals surface area contributed by atoms with Crippen molar-refractivity contribution in [3.05, 3.63) is 23.8 Å². The maximum atomic E-state index is 9.55. The molecule has 5 heteroatoms. The lowest BCUT2D eigenvalue weighted by molar-refractivity contribution is 0.471. The summed E-state index contributed by atoms with van der Waals surface area (Å²) in [6.07, 6.45) is 0. The fourth-order valence-electron chi connectivity index (χ4n) is 1.56. The van der Waals surface area contributed by atoms with Crippen molar-refractivity contribution in [2.45, 2.75) is 13.8 Å². The van der Waals surface area contributed by atoms with E-state index in [0.717, 1.165) is 24.3 Å². The second-order valence-electron chi connectivity index (χ2n) is 3.29. The maximum absolute atomic E-state index is 9.55. The molecule has 94 valence electrons. The highest BCUT2D eigenvalue weighted by molar-refractivity contribution is 5.85. The Balaban J connectivity index is 0. The molecule has 0 saturated carbocycles. The van der Waals surface area contributed by atoms with Gasteiger partial charge in [-0.3, -0.25) is 0 Å². The molecule has 0 heterocycles. The molecule has 0 bridgehead atoms. The fraction of sp³-hybridized carbons (Fsp3) is 0.455. The zero-order valence-electron chi connectivity index (χ0n) is 9.64. The first-order valence-electron chi connectivity index (χ1n) is 4.94. The van der Waals surface area contributed by atoms with Crippen molar-refractivity contribution in [1.82, 2.24) is 0 Å². The van der Waals surface area contributed by atoms with E-state index in [9.17, 15) is 5.11 Å². The molecule has 0 atom stereocenters. The van der Waals surface area contributed by atoms with Crippen LogP contribution in [-0.4, -0.2) is 24.7 Å². The van der Waals surface area contributed by atoms with Crippen molar-refractivity contribution < 1.29 is 5.11 Å². The minimum atomic E-state index is 0. The topological polar surface area (TPSA) is 49.5 Å². The summed E-state index contributed by atoms with van der Waals surface area (Å²) < 4.78 is 0. The van der Waals surface area contributed by atoms with E-state index in [1.54, 1.807) is 6.07 Å². The van der Waals surface area contributed by atoms with Crippen LogP contribution in [0.1, 0.15) is 12.5 Å². The molecule has 1 rings (SSSR count). The van der Waals surface area contributed by atoms with Crippen LogP contribution in [0.2, 0.25) is 0 Å². The van der Waals surface area contributed by atoms with Crippen LogP contribution in [-0.2, 0) is 0 Å². The summed E-state index contributed by atoms with van der Waals surface area (Å²) in [5, 5.41) is 9.55. The van der Waals surface area contributed by atoms with Gasteiger partial charge in [-0.05, 0) is 26.0 Å². The van der Waals surface area contributed by atoms with E-state index in [1.807, 2.05) is 19.1 Å². The summed E-state index contributed by atoms with van der Waals surface area (Å²) in [6, 6.07) is 5.57. The fourth-order valence-corrected chi connectivity index (χ4v) is 1.56. The molecule has 1 aromatic carbocycles.